The number of nitrogens with zero attached hydrogens (tertiary/aromatic N) is 2. The SMILES string of the molecule is CC(C)(C)OC(=O)[C@@H]1CN(CC(=O)O)CCN1C(=O)OC(C)(C)C. The normalized spacial score (nSPS) is 19.8. The molecule has 0 aromatic carbocycles. The van der Waals surface area contributed by atoms with Crippen molar-refractivity contribution in [3.05, 3.63) is 0 Å². The molecule has 0 unspecified atom stereocenters. The molecule has 0 spiro atoms. The quantitative estimate of drug-likeness (QED) is 0.772. The first-order valence-electron chi connectivity index (χ1n) is 7.95. The lowest BCUT2D eigenvalue weighted by molar-refractivity contribution is -0.164. The molecule has 0 aromatic heterocycles. The Kier molecular flexibility index (Phi) is 6.21. The molecule has 1 atom stereocenters. The van der Waals surface area contributed by atoms with Crippen LogP contribution in [0.5, 0.6) is 0 Å². The summed E-state index contributed by atoms with van der Waals surface area (Å²) in [6, 6.07) is -0.896. The number of hydrogen-bond donors (Lipinski definition) is 1. The highest BCUT2D eigenvalue weighted by atomic mass is 16.6. The van der Waals surface area contributed by atoms with Crippen molar-refractivity contribution in [1.82, 2.24) is 9.80 Å². The Balaban J connectivity index is 2.93. The first-order valence-corrected chi connectivity index (χ1v) is 7.95. The van der Waals surface area contributed by atoms with Crippen molar-refractivity contribution in [1.29, 1.82) is 0 Å². The van der Waals surface area contributed by atoms with Gasteiger partial charge in [-0.2, -0.15) is 0 Å². The van der Waals surface area contributed by atoms with Gasteiger partial charge in [-0.15, -0.1) is 0 Å². The highest BCUT2D eigenvalue weighted by molar-refractivity contribution is 5.82. The molecular weight excluding hydrogens is 316 g/mol. The van der Waals surface area contributed by atoms with Crippen LogP contribution in [-0.4, -0.2) is 76.4 Å². The van der Waals surface area contributed by atoms with E-state index in [9.17, 15) is 14.4 Å². The molecule has 0 aliphatic carbocycles. The van der Waals surface area contributed by atoms with Crippen LogP contribution < -0.4 is 0 Å². The van der Waals surface area contributed by atoms with E-state index < -0.39 is 35.3 Å². The fraction of sp³-hybridized carbons (Fsp3) is 0.812. The van der Waals surface area contributed by atoms with E-state index in [1.807, 2.05) is 0 Å². The van der Waals surface area contributed by atoms with Crippen LogP contribution >= 0.6 is 0 Å². The standard InChI is InChI=1S/C16H28N2O6/c1-15(2,3)23-13(21)11-9-17(10-12(19)20)7-8-18(11)14(22)24-16(4,5)6/h11H,7-10H2,1-6H3,(H,19,20)/t11-/m0/s1. The van der Waals surface area contributed by atoms with Gasteiger partial charge in [-0.1, -0.05) is 0 Å². The molecule has 0 aromatic rings. The third-order valence-electron chi connectivity index (χ3n) is 3.13. The smallest absolute Gasteiger partial charge is 0.411 e. The number of aliphatic carboxylic acids is 1. The van der Waals surface area contributed by atoms with E-state index in [0.29, 0.717) is 6.54 Å². The Hall–Kier alpha value is -1.83. The minimum atomic E-state index is -0.983. The first kappa shape index (κ1) is 20.2. The van der Waals surface area contributed by atoms with Gasteiger partial charge in [0, 0.05) is 19.6 Å². The molecule has 1 aliphatic rings. The zero-order chi connectivity index (χ0) is 18.7. The molecule has 1 rings (SSSR count). The average molecular weight is 344 g/mol. The number of ether oxygens (including phenoxy) is 2. The number of carbonyl (C=O) groups excluding carboxylic acids is 2. The summed E-state index contributed by atoms with van der Waals surface area (Å²) < 4.78 is 10.7. The van der Waals surface area contributed by atoms with Crippen LogP contribution in [0, 0.1) is 0 Å². The maximum absolute atomic E-state index is 12.5. The zero-order valence-corrected chi connectivity index (χ0v) is 15.3. The van der Waals surface area contributed by atoms with E-state index in [2.05, 4.69) is 0 Å². The van der Waals surface area contributed by atoms with Crippen molar-refractivity contribution in [3.8, 4) is 0 Å². The largest absolute Gasteiger partial charge is 0.480 e. The number of amides is 1. The van der Waals surface area contributed by atoms with Crippen LogP contribution in [-0.2, 0) is 19.1 Å². The van der Waals surface area contributed by atoms with Crippen LogP contribution in [0.2, 0.25) is 0 Å². The van der Waals surface area contributed by atoms with Gasteiger partial charge in [0.05, 0.1) is 6.54 Å². The summed E-state index contributed by atoms with van der Waals surface area (Å²) in [5, 5.41) is 8.94. The van der Waals surface area contributed by atoms with E-state index in [-0.39, 0.29) is 19.6 Å². The Bertz CT molecular complexity index is 492. The minimum absolute atomic E-state index is 0.0977. The second kappa shape index (κ2) is 7.38. The first-order chi connectivity index (χ1) is 10.8. The molecule has 8 nitrogen and oxygen atoms in total. The van der Waals surface area contributed by atoms with E-state index >= 15 is 0 Å². The van der Waals surface area contributed by atoms with Gasteiger partial charge in [-0.05, 0) is 41.5 Å². The van der Waals surface area contributed by atoms with Crippen LogP contribution in [0.15, 0.2) is 0 Å². The maximum atomic E-state index is 12.5. The van der Waals surface area contributed by atoms with Gasteiger partial charge in [0.25, 0.3) is 0 Å². The third kappa shape index (κ3) is 6.74. The summed E-state index contributed by atoms with van der Waals surface area (Å²) in [7, 11) is 0. The number of rotatable bonds is 3. The van der Waals surface area contributed by atoms with Crippen molar-refractivity contribution in [3.63, 3.8) is 0 Å². The lowest BCUT2D eigenvalue weighted by atomic mass is 10.1. The zero-order valence-electron chi connectivity index (χ0n) is 15.3. The molecule has 1 N–H and O–H groups in total. The number of carboxylic acids is 1. The molecule has 8 heteroatoms. The Morgan fingerprint density at radius 2 is 1.54 bits per heavy atom. The van der Waals surface area contributed by atoms with Crippen LogP contribution in [0.1, 0.15) is 41.5 Å². The monoisotopic (exact) mass is 344 g/mol. The van der Waals surface area contributed by atoms with Crippen molar-refractivity contribution in [2.45, 2.75) is 58.8 Å². The van der Waals surface area contributed by atoms with Crippen molar-refractivity contribution < 1.29 is 29.0 Å². The molecule has 0 radical (unpaired) electrons. The molecule has 138 valence electrons. The molecule has 1 heterocycles. The lowest BCUT2D eigenvalue weighted by Crippen LogP contribution is -2.60. The number of piperazine rings is 1. The van der Waals surface area contributed by atoms with Gasteiger partial charge in [-0.3, -0.25) is 14.6 Å². The van der Waals surface area contributed by atoms with Gasteiger partial charge in [-0.25, -0.2) is 9.59 Å². The Morgan fingerprint density at radius 1 is 1.00 bits per heavy atom. The van der Waals surface area contributed by atoms with Gasteiger partial charge < -0.3 is 14.6 Å². The van der Waals surface area contributed by atoms with Crippen LogP contribution in [0.4, 0.5) is 4.79 Å². The van der Waals surface area contributed by atoms with Gasteiger partial charge in [0.2, 0.25) is 0 Å². The molecule has 1 aliphatic heterocycles. The van der Waals surface area contributed by atoms with Gasteiger partial charge in [0.15, 0.2) is 0 Å². The van der Waals surface area contributed by atoms with Crippen LogP contribution in [0.25, 0.3) is 0 Å². The fourth-order valence-corrected chi connectivity index (χ4v) is 2.28. The predicted molar refractivity (Wildman–Crippen MR) is 86.6 cm³/mol. The predicted octanol–water partition coefficient (Wildman–Crippen LogP) is 1.33. The molecule has 0 saturated carbocycles. The highest BCUT2D eigenvalue weighted by Gasteiger charge is 2.40. The second-order valence-corrected chi connectivity index (χ2v) is 7.85. The summed E-state index contributed by atoms with van der Waals surface area (Å²) in [4.78, 5) is 38.7. The Morgan fingerprint density at radius 3 is 2.00 bits per heavy atom. The molecule has 1 fully saturated rings. The van der Waals surface area contributed by atoms with E-state index in [1.165, 1.54) is 4.90 Å². The number of esters is 1. The van der Waals surface area contributed by atoms with Crippen molar-refractivity contribution >= 4 is 18.0 Å². The molecular formula is C16H28N2O6. The van der Waals surface area contributed by atoms with Crippen molar-refractivity contribution in [2.24, 2.45) is 0 Å². The Labute approximate surface area is 142 Å². The third-order valence-corrected chi connectivity index (χ3v) is 3.13. The second-order valence-electron chi connectivity index (χ2n) is 7.85. The van der Waals surface area contributed by atoms with Crippen molar-refractivity contribution in [2.75, 3.05) is 26.2 Å². The van der Waals surface area contributed by atoms with Gasteiger partial charge in [0.1, 0.15) is 17.2 Å². The summed E-state index contributed by atoms with van der Waals surface area (Å²) in [5.41, 5.74) is -1.39. The van der Waals surface area contributed by atoms with E-state index in [1.54, 1.807) is 46.4 Å². The number of hydrogen-bond acceptors (Lipinski definition) is 6. The maximum Gasteiger partial charge on any atom is 0.411 e. The molecule has 0 bridgehead atoms. The number of carboxylic acid groups (broad SMARTS) is 1. The lowest BCUT2D eigenvalue weighted by Gasteiger charge is -2.40. The summed E-state index contributed by atoms with van der Waals surface area (Å²) in [6.45, 7) is 10.9. The van der Waals surface area contributed by atoms with Gasteiger partial charge >= 0.3 is 18.0 Å². The average Bonchev–Trinajstić information content (AvgIpc) is 2.33. The molecule has 1 saturated heterocycles. The summed E-state index contributed by atoms with van der Waals surface area (Å²) >= 11 is 0. The summed E-state index contributed by atoms with van der Waals surface area (Å²) in [6.07, 6.45) is -0.603. The van der Waals surface area contributed by atoms with Crippen LogP contribution in [0.3, 0.4) is 0 Å². The minimum Gasteiger partial charge on any atom is -0.480 e. The molecule has 1 amide bonds. The van der Waals surface area contributed by atoms with E-state index in [4.69, 9.17) is 14.6 Å². The highest BCUT2D eigenvalue weighted by Crippen LogP contribution is 2.19. The molecule has 24 heavy (non-hydrogen) atoms. The fourth-order valence-electron chi connectivity index (χ4n) is 2.28. The van der Waals surface area contributed by atoms with E-state index in [0.717, 1.165) is 0 Å². The summed E-state index contributed by atoms with van der Waals surface area (Å²) in [5.74, 6) is -1.55. The topological polar surface area (TPSA) is 96.4 Å². The number of carbonyl (C=O) groups is 3.